The number of halogens is 1. The van der Waals surface area contributed by atoms with Crippen LogP contribution in [0.4, 0.5) is 4.39 Å². The smallest absolute Gasteiger partial charge is 0.243 e. The Morgan fingerprint density at radius 3 is 2.41 bits per heavy atom. The Kier molecular flexibility index (Phi) is 11.9. The molecule has 3 atom stereocenters. The first-order valence-corrected chi connectivity index (χ1v) is 15.1. The number of nitrogens with one attached hydrogen (secondary N) is 2. The molecular formula is C33H46FN5O5. The summed E-state index contributed by atoms with van der Waals surface area (Å²) in [5.74, 6) is -1.77. The van der Waals surface area contributed by atoms with Gasteiger partial charge in [0.15, 0.2) is 0 Å². The van der Waals surface area contributed by atoms with Crippen LogP contribution in [-0.4, -0.2) is 83.8 Å². The van der Waals surface area contributed by atoms with Crippen LogP contribution < -0.4 is 16.4 Å². The lowest BCUT2D eigenvalue weighted by Gasteiger charge is -2.31. The summed E-state index contributed by atoms with van der Waals surface area (Å²) in [6.07, 6.45) is 1.87. The SMILES string of the molecule is CN1CCCCC(N(C)C(=O)[C@@H](N)Cc2ccc(F)cc2)C(=O)NC(Cc2ccc(O)c(C(C)(C)C)c2)C(=O)NCCC1=O. The van der Waals surface area contributed by atoms with Crippen molar-refractivity contribution in [3.63, 3.8) is 0 Å². The lowest BCUT2D eigenvalue weighted by atomic mass is 9.84. The summed E-state index contributed by atoms with van der Waals surface area (Å²) in [6.45, 7) is 6.48. The standard InChI is InChI=1S/C33H46FN5O5/c1-33(2,3)24-18-22(11-14-28(24)40)20-26-30(42)36-16-15-29(41)38(4)17-7-6-8-27(31(43)37-26)39(5)32(44)25(35)19-21-9-12-23(34)13-10-21/h9-14,18,25-27,40H,6-8,15-17,19-20,35H2,1-5H3,(H,36,42)(H,37,43)/t25-,26?,27?/m0/s1. The number of nitrogens with zero attached hydrogens (tertiary/aromatic N) is 2. The fourth-order valence-corrected chi connectivity index (χ4v) is 5.32. The number of hydrogen-bond acceptors (Lipinski definition) is 6. The van der Waals surface area contributed by atoms with Crippen LogP contribution in [0.25, 0.3) is 0 Å². The second-order valence-corrected chi connectivity index (χ2v) is 12.6. The highest BCUT2D eigenvalue weighted by Gasteiger charge is 2.33. The summed E-state index contributed by atoms with van der Waals surface area (Å²) >= 11 is 0. The Labute approximate surface area is 259 Å². The molecule has 0 saturated carbocycles. The van der Waals surface area contributed by atoms with Gasteiger partial charge in [-0.05, 0) is 66.0 Å². The fourth-order valence-electron chi connectivity index (χ4n) is 5.32. The van der Waals surface area contributed by atoms with Gasteiger partial charge >= 0.3 is 0 Å². The minimum Gasteiger partial charge on any atom is -0.508 e. The van der Waals surface area contributed by atoms with Crippen molar-refractivity contribution in [3.05, 3.63) is 65.0 Å². The van der Waals surface area contributed by atoms with E-state index in [0.717, 1.165) is 5.56 Å². The predicted octanol–water partition coefficient (Wildman–Crippen LogP) is 2.40. The van der Waals surface area contributed by atoms with Crippen LogP contribution in [0.3, 0.4) is 0 Å². The minimum absolute atomic E-state index is 0.105. The summed E-state index contributed by atoms with van der Waals surface area (Å²) in [7, 11) is 3.21. The first kappa shape index (κ1) is 34.5. The van der Waals surface area contributed by atoms with Crippen molar-refractivity contribution in [1.82, 2.24) is 20.4 Å². The number of benzene rings is 2. The monoisotopic (exact) mass is 611 g/mol. The van der Waals surface area contributed by atoms with Gasteiger partial charge in [-0.25, -0.2) is 4.39 Å². The summed E-state index contributed by atoms with van der Waals surface area (Å²) in [5.41, 5.74) is 8.01. The molecule has 0 aromatic heterocycles. The quantitative estimate of drug-likeness (QED) is 0.395. The maximum absolute atomic E-state index is 13.8. The number of likely N-dealkylation sites (N-methyl/N-ethyl adjacent to an activating group) is 1. The average molecular weight is 612 g/mol. The molecule has 11 heteroatoms. The van der Waals surface area contributed by atoms with Crippen LogP contribution in [0.15, 0.2) is 42.5 Å². The molecule has 44 heavy (non-hydrogen) atoms. The topological polar surface area (TPSA) is 145 Å². The van der Waals surface area contributed by atoms with Crippen LogP contribution >= 0.6 is 0 Å². The van der Waals surface area contributed by atoms with E-state index in [1.54, 1.807) is 36.2 Å². The Balaban J connectivity index is 1.87. The lowest BCUT2D eigenvalue weighted by Crippen LogP contribution is -2.57. The van der Waals surface area contributed by atoms with Crippen molar-refractivity contribution in [2.45, 2.75) is 82.8 Å². The summed E-state index contributed by atoms with van der Waals surface area (Å²) in [6, 6.07) is 7.92. The molecule has 3 rings (SSSR count). The number of phenols is 1. The third-order valence-corrected chi connectivity index (χ3v) is 8.03. The number of nitrogens with two attached hydrogens (primary N) is 1. The number of carbonyl (C=O) groups is 4. The van der Waals surface area contributed by atoms with E-state index in [9.17, 15) is 28.7 Å². The van der Waals surface area contributed by atoms with E-state index in [-0.39, 0.29) is 42.9 Å². The zero-order valence-electron chi connectivity index (χ0n) is 26.4. The van der Waals surface area contributed by atoms with Crippen molar-refractivity contribution < 1.29 is 28.7 Å². The lowest BCUT2D eigenvalue weighted by molar-refractivity contribution is -0.141. The van der Waals surface area contributed by atoms with E-state index in [4.69, 9.17) is 5.73 Å². The number of carbonyl (C=O) groups excluding carboxylic acids is 4. The third-order valence-electron chi connectivity index (χ3n) is 8.03. The number of hydrogen-bond donors (Lipinski definition) is 4. The Morgan fingerprint density at radius 1 is 1.09 bits per heavy atom. The fraction of sp³-hybridized carbons (Fsp3) is 0.515. The second-order valence-electron chi connectivity index (χ2n) is 12.6. The highest BCUT2D eigenvalue weighted by Crippen LogP contribution is 2.31. The van der Waals surface area contributed by atoms with Crippen LogP contribution in [0.2, 0.25) is 0 Å². The maximum atomic E-state index is 13.8. The van der Waals surface area contributed by atoms with Gasteiger partial charge in [-0.3, -0.25) is 19.2 Å². The van der Waals surface area contributed by atoms with Crippen LogP contribution in [0.1, 0.15) is 63.1 Å². The molecule has 1 aliphatic heterocycles. The first-order valence-electron chi connectivity index (χ1n) is 15.1. The molecule has 10 nitrogen and oxygen atoms in total. The molecule has 0 bridgehead atoms. The van der Waals surface area contributed by atoms with E-state index in [1.807, 2.05) is 26.8 Å². The Bertz CT molecular complexity index is 1330. The van der Waals surface area contributed by atoms with Gasteiger partial charge in [0.05, 0.1) is 6.04 Å². The molecule has 1 fully saturated rings. The molecule has 5 N–H and O–H groups in total. The molecular weight excluding hydrogens is 565 g/mol. The maximum Gasteiger partial charge on any atom is 0.243 e. The molecule has 0 radical (unpaired) electrons. The number of rotatable bonds is 6. The van der Waals surface area contributed by atoms with E-state index < -0.39 is 41.7 Å². The first-order chi connectivity index (χ1) is 20.7. The van der Waals surface area contributed by atoms with Crippen LogP contribution in [-0.2, 0) is 37.4 Å². The van der Waals surface area contributed by atoms with E-state index in [0.29, 0.717) is 36.9 Å². The molecule has 240 valence electrons. The van der Waals surface area contributed by atoms with Crippen molar-refractivity contribution in [2.24, 2.45) is 5.73 Å². The van der Waals surface area contributed by atoms with Gasteiger partial charge in [-0.15, -0.1) is 0 Å². The normalized spacial score (nSPS) is 19.9. The van der Waals surface area contributed by atoms with Crippen molar-refractivity contribution >= 4 is 23.6 Å². The van der Waals surface area contributed by atoms with Crippen LogP contribution in [0, 0.1) is 5.82 Å². The van der Waals surface area contributed by atoms with E-state index in [2.05, 4.69) is 10.6 Å². The zero-order chi connectivity index (χ0) is 32.6. The zero-order valence-corrected chi connectivity index (χ0v) is 26.4. The van der Waals surface area contributed by atoms with Gasteiger partial charge in [-0.2, -0.15) is 0 Å². The van der Waals surface area contributed by atoms with Gasteiger partial charge in [0.1, 0.15) is 23.7 Å². The molecule has 2 aromatic carbocycles. The molecule has 1 heterocycles. The van der Waals surface area contributed by atoms with Crippen molar-refractivity contribution in [2.75, 3.05) is 27.2 Å². The predicted molar refractivity (Wildman–Crippen MR) is 166 cm³/mol. The molecule has 0 spiro atoms. The number of phenolic OH excluding ortho intramolecular Hbond substituents is 1. The second kappa shape index (κ2) is 15.1. The molecule has 1 aliphatic rings. The van der Waals surface area contributed by atoms with Gasteiger partial charge < -0.3 is 31.3 Å². The van der Waals surface area contributed by atoms with Crippen molar-refractivity contribution in [1.29, 1.82) is 0 Å². The largest absolute Gasteiger partial charge is 0.508 e. The molecule has 2 aromatic rings. The molecule has 1 saturated heterocycles. The highest BCUT2D eigenvalue weighted by molar-refractivity contribution is 5.93. The van der Waals surface area contributed by atoms with E-state index in [1.165, 1.54) is 24.1 Å². The molecule has 4 amide bonds. The van der Waals surface area contributed by atoms with Crippen molar-refractivity contribution in [3.8, 4) is 5.75 Å². The summed E-state index contributed by atoms with van der Waals surface area (Å²) in [5, 5.41) is 16.1. The highest BCUT2D eigenvalue weighted by atomic mass is 19.1. The number of amides is 4. The minimum atomic E-state index is -1.01. The van der Waals surface area contributed by atoms with Gasteiger partial charge in [0, 0.05) is 40.0 Å². The third kappa shape index (κ3) is 9.51. The molecule has 2 unspecified atom stereocenters. The summed E-state index contributed by atoms with van der Waals surface area (Å²) in [4.78, 5) is 56.1. The average Bonchev–Trinajstić information content (AvgIpc) is 2.96. The van der Waals surface area contributed by atoms with Crippen LogP contribution in [0.5, 0.6) is 5.75 Å². The summed E-state index contributed by atoms with van der Waals surface area (Å²) < 4.78 is 13.4. The molecule has 0 aliphatic carbocycles. The van der Waals surface area contributed by atoms with E-state index >= 15 is 0 Å². The number of aromatic hydroxyl groups is 1. The Morgan fingerprint density at radius 2 is 1.75 bits per heavy atom. The van der Waals surface area contributed by atoms with Gasteiger partial charge in [0.2, 0.25) is 23.6 Å². The van der Waals surface area contributed by atoms with Gasteiger partial charge in [0.25, 0.3) is 0 Å². The van der Waals surface area contributed by atoms with Gasteiger partial charge in [-0.1, -0.05) is 45.0 Å². The Hall–Kier alpha value is -3.99.